The number of carbonyl (C=O) groups excluding carboxylic acids is 1. The Kier molecular flexibility index (Phi) is 6.95. The van der Waals surface area contributed by atoms with E-state index < -0.39 is 6.09 Å². The van der Waals surface area contributed by atoms with Crippen LogP contribution in [0.15, 0.2) is 12.4 Å². The van der Waals surface area contributed by atoms with Crippen molar-refractivity contribution < 1.29 is 14.3 Å². The zero-order valence-electron chi connectivity index (χ0n) is 18.0. The second kappa shape index (κ2) is 9.26. The Bertz CT molecular complexity index is 823. The molecule has 7 nitrogen and oxygen atoms in total. The van der Waals surface area contributed by atoms with Crippen LogP contribution < -0.4 is 10.1 Å². The van der Waals surface area contributed by atoms with E-state index in [4.69, 9.17) is 9.47 Å². The van der Waals surface area contributed by atoms with Gasteiger partial charge in [-0.05, 0) is 66.6 Å². The molecule has 1 fully saturated rings. The van der Waals surface area contributed by atoms with Crippen LogP contribution in [0.1, 0.15) is 51.3 Å². The third-order valence-corrected chi connectivity index (χ3v) is 6.16. The lowest BCUT2D eigenvalue weighted by atomic mass is 9.92. The van der Waals surface area contributed by atoms with Crippen LogP contribution in [-0.2, 0) is 11.2 Å². The highest BCUT2D eigenvalue weighted by Gasteiger charge is 2.24. The van der Waals surface area contributed by atoms with E-state index in [2.05, 4.69) is 40.3 Å². The van der Waals surface area contributed by atoms with Crippen LogP contribution in [0.2, 0.25) is 0 Å². The van der Waals surface area contributed by atoms with E-state index in [0.29, 0.717) is 24.9 Å². The summed E-state index contributed by atoms with van der Waals surface area (Å²) in [5.74, 6) is 0.664. The molecule has 1 saturated carbocycles. The smallest absolute Gasteiger partial charge is 0.407 e. The first kappa shape index (κ1) is 21.8. The van der Waals surface area contributed by atoms with E-state index >= 15 is 0 Å². The van der Waals surface area contributed by atoms with Crippen molar-refractivity contribution in [2.24, 2.45) is 0 Å². The van der Waals surface area contributed by atoms with Crippen LogP contribution in [0, 0.1) is 0 Å². The Morgan fingerprint density at radius 3 is 2.62 bits per heavy atom. The SMILES string of the molecule is CN(C)C1CCC(Oc2ncnc3sc(CCOC(=O)NC(C)(C)C)cc23)CC1. The van der Waals surface area contributed by atoms with Gasteiger partial charge >= 0.3 is 6.09 Å². The summed E-state index contributed by atoms with van der Waals surface area (Å²) in [5, 5.41) is 3.74. The van der Waals surface area contributed by atoms with Crippen LogP contribution in [0.5, 0.6) is 5.88 Å². The molecule has 0 saturated heterocycles. The van der Waals surface area contributed by atoms with Crippen LogP contribution in [0.3, 0.4) is 0 Å². The van der Waals surface area contributed by atoms with Crippen molar-refractivity contribution in [1.82, 2.24) is 20.2 Å². The van der Waals surface area contributed by atoms with Crippen molar-refractivity contribution in [3.8, 4) is 5.88 Å². The largest absolute Gasteiger partial charge is 0.474 e. The average Bonchev–Trinajstić information content (AvgIpc) is 3.04. The number of ether oxygens (including phenoxy) is 2. The summed E-state index contributed by atoms with van der Waals surface area (Å²) in [5.41, 5.74) is -0.303. The maximum atomic E-state index is 11.8. The van der Waals surface area contributed by atoms with Crippen LogP contribution in [0.4, 0.5) is 4.79 Å². The van der Waals surface area contributed by atoms with E-state index in [1.165, 1.54) is 0 Å². The fourth-order valence-corrected chi connectivity index (χ4v) is 4.49. The minimum Gasteiger partial charge on any atom is -0.474 e. The fraction of sp³-hybridized carbons (Fsp3) is 0.667. The third-order valence-electron chi connectivity index (χ3n) is 5.05. The lowest BCUT2D eigenvalue weighted by Crippen LogP contribution is -2.41. The van der Waals surface area contributed by atoms with E-state index in [1.54, 1.807) is 17.7 Å². The van der Waals surface area contributed by atoms with Gasteiger partial charge in [-0.15, -0.1) is 11.3 Å². The van der Waals surface area contributed by atoms with Gasteiger partial charge < -0.3 is 19.7 Å². The summed E-state index contributed by atoms with van der Waals surface area (Å²) in [6, 6.07) is 2.70. The first-order valence-electron chi connectivity index (χ1n) is 10.2. The summed E-state index contributed by atoms with van der Waals surface area (Å²) in [6.45, 7) is 6.10. The molecule has 0 spiro atoms. The quantitative estimate of drug-likeness (QED) is 0.761. The summed E-state index contributed by atoms with van der Waals surface area (Å²) in [7, 11) is 4.28. The number of nitrogens with zero attached hydrogens (tertiary/aromatic N) is 3. The van der Waals surface area contributed by atoms with Crippen LogP contribution in [-0.4, -0.2) is 59.3 Å². The number of fused-ring (bicyclic) bond motifs is 1. The van der Waals surface area contributed by atoms with Gasteiger partial charge in [0, 0.05) is 22.9 Å². The lowest BCUT2D eigenvalue weighted by molar-refractivity contribution is 0.108. The number of hydrogen-bond acceptors (Lipinski definition) is 7. The number of amides is 1. The molecule has 2 heterocycles. The van der Waals surface area contributed by atoms with E-state index in [-0.39, 0.29) is 11.6 Å². The minimum absolute atomic E-state index is 0.206. The Labute approximate surface area is 176 Å². The lowest BCUT2D eigenvalue weighted by Gasteiger charge is -2.32. The van der Waals surface area contributed by atoms with Crippen molar-refractivity contribution >= 4 is 27.6 Å². The second-order valence-electron chi connectivity index (χ2n) is 8.88. The van der Waals surface area contributed by atoms with Gasteiger partial charge in [0.15, 0.2) is 0 Å². The average molecular weight is 421 g/mol. The highest BCUT2D eigenvalue weighted by atomic mass is 32.1. The third kappa shape index (κ3) is 6.27. The minimum atomic E-state index is -0.393. The molecule has 1 amide bonds. The Balaban J connectivity index is 1.57. The monoisotopic (exact) mass is 420 g/mol. The molecule has 0 bridgehead atoms. The highest BCUT2D eigenvalue weighted by Crippen LogP contribution is 2.32. The summed E-state index contributed by atoms with van der Waals surface area (Å²) >= 11 is 1.59. The maximum Gasteiger partial charge on any atom is 0.407 e. The van der Waals surface area contributed by atoms with Crippen molar-refractivity contribution in [3.63, 3.8) is 0 Å². The van der Waals surface area contributed by atoms with Crippen molar-refractivity contribution in [3.05, 3.63) is 17.3 Å². The molecular weight excluding hydrogens is 388 g/mol. The molecule has 3 rings (SSSR count). The number of thiophene rings is 1. The van der Waals surface area contributed by atoms with E-state index in [0.717, 1.165) is 40.8 Å². The molecule has 1 aliphatic rings. The number of nitrogens with one attached hydrogen (secondary N) is 1. The molecule has 2 aromatic rings. The van der Waals surface area contributed by atoms with Gasteiger partial charge in [-0.25, -0.2) is 14.8 Å². The standard InChI is InChI=1S/C21H32N4O3S/c1-21(2,3)24-20(26)27-11-10-16-12-17-18(22-13-23-19(17)29-16)28-15-8-6-14(7-9-15)25(4)5/h12-15H,6-11H2,1-5H3,(H,24,26). The Morgan fingerprint density at radius 2 is 1.97 bits per heavy atom. The van der Waals surface area contributed by atoms with Gasteiger partial charge in [0.25, 0.3) is 0 Å². The van der Waals surface area contributed by atoms with Crippen LogP contribution in [0.25, 0.3) is 10.2 Å². The zero-order valence-corrected chi connectivity index (χ0v) is 18.8. The molecule has 0 radical (unpaired) electrons. The summed E-state index contributed by atoms with van der Waals surface area (Å²) in [4.78, 5) is 24.9. The molecule has 29 heavy (non-hydrogen) atoms. The number of aromatic nitrogens is 2. The number of carbonyl (C=O) groups is 1. The van der Waals surface area contributed by atoms with Crippen molar-refractivity contribution in [2.75, 3.05) is 20.7 Å². The van der Waals surface area contributed by atoms with Gasteiger partial charge in [-0.2, -0.15) is 0 Å². The van der Waals surface area contributed by atoms with Gasteiger partial charge in [0.05, 0.1) is 12.0 Å². The Hall–Kier alpha value is -1.93. The summed E-state index contributed by atoms with van der Waals surface area (Å²) in [6.07, 6.45) is 6.41. The fourth-order valence-electron chi connectivity index (χ4n) is 3.52. The molecule has 2 aromatic heterocycles. The molecule has 8 heteroatoms. The van der Waals surface area contributed by atoms with E-state index in [9.17, 15) is 4.79 Å². The van der Waals surface area contributed by atoms with Gasteiger partial charge in [0.2, 0.25) is 5.88 Å². The summed E-state index contributed by atoms with van der Waals surface area (Å²) < 4.78 is 11.5. The molecule has 1 aliphatic carbocycles. The number of alkyl carbamates (subject to hydrolysis) is 1. The normalized spacial score (nSPS) is 20.1. The molecule has 160 valence electrons. The topological polar surface area (TPSA) is 76.6 Å². The number of rotatable bonds is 6. The molecule has 1 N–H and O–H groups in total. The van der Waals surface area contributed by atoms with Gasteiger partial charge in [-0.1, -0.05) is 0 Å². The molecular formula is C21H32N4O3S. The van der Waals surface area contributed by atoms with Crippen molar-refractivity contribution in [2.45, 2.75) is 70.6 Å². The Morgan fingerprint density at radius 1 is 1.24 bits per heavy atom. The van der Waals surface area contributed by atoms with Crippen LogP contribution >= 0.6 is 11.3 Å². The predicted octanol–water partition coefficient (Wildman–Crippen LogP) is 4.01. The first-order valence-corrected chi connectivity index (χ1v) is 11.0. The zero-order chi connectivity index (χ0) is 21.0. The highest BCUT2D eigenvalue weighted by molar-refractivity contribution is 7.18. The van der Waals surface area contributed by atoms with E-state index in [1.807, 2.05) is 20.8 Å². The predicted molar refractivity (Wildman–Crippen MR) is 116 cm³/mol. The van der Waals surface area contributed by atoms with Gasteiger partial charge in [0.1, 0.15) is 17.3 Å². The van der Waals surface area contributed by atoms with Crippen molar-refractivity contribution in [1.29, 1.82) is 0 Å². The second-order valence-corrected chi connectivity index (χ2v) is 10.00. The first-order chi connectivity index (χ1) is 13.7. The maximum absolute atomic E-state index is 11.8. The molecule has 0 unspecified atom stereocenters. The molecule has 0 aromatic carbocycles. The molecule has 0 aliphatic heterocycles. The molecule has 0 atom stereocenters. The van der Waals surface area contributed by atoms with Gasteiger partial charge in [-0.3, -0.25) is 0 Å². The number of hydrogen-bond donors (Lipinski definition) is 1.